The van der Waals surface area contributed by atoms with Crippen LogP contribution in [0.2, 0.25) is 0 Å². The van der Waals surface area contributed by atoms with Gasteiger partial charge in [-0.15, -0.1) is 0 Å². The normalized spacial score (nSPS) is 23.6. The fraction of sp³-hybridized carbons (Fsp3) is 0.692. The first-order valence-corrected chi connectivity index (χ1v) is 6.51. The molecule has 0 bridgehead atoms. The van der Waals surface area contributed by atoms with Gasteiger partial charge in [-0.05, 0) is 38.0 Å². The molecule has 1 unspecified atom stereocenters. The second kappa shape index (κ2) is 4.61. The highest BCUT2D eigenvalue weighted by Crippen LogP contribution is 2.19. The Balaban J connectivity index is 1.85. The number of H-pyrrole nitrogens is 1. The Morgan fingerprint density at radius 2 is 2.24 bits per heavy atom. The van der Waals surface area contributed by atoms with Crippen molar-refractivity contribution in [2.24, 2.45) is 5.92 Å². The van der Waals surface area contributed by atoms with Gasteiger partial charge in [0.15, 0.2) is 0 Å². The van der Waals surface area contributed by atoms with E-state index >= 15 is 0 Å². The van der Waals surface area contributed by atoms with Crippen LogP contribution in [-0.2, 0) is 24.0 Å². The topological polar surface area (TPSA) is 55.0 Å². The van der Waals surface area contributed by atoms with E-state index in [9.17, 15) is 4.79 Å². The molecule has 1 aromatic heterocycles. The van der Waals surface area contributed by atoms with Crippen LogP contribution in [-0.4, -0.2) is 23.2 Å². The number of nitrogens with one attached hydrogen (secondary N) is 1. The summed E-state index contributed by atoms with van der Waals surface area (Å²) < 4.78 is 5.35. The highest BCUT2D eigenvalue weighted by molar-refractivity contribution is 5.20. The van der Waals surface area contributed by atoms with E-state index < -0.39 is 0 Å². The molecule has 1 atom stereocenters. The summed E-state index contributed by atoms with van der Waals surface area (Å²) >= 11 is 0. The smallest absolute Gasteiger partial charge is 0.254 e. The molecule has 17 heavy (non-hydrogen) atoms. The van der Waals surface area contributed by atoms with Crippen molar-refractivity contribution in [3.05, 3.63) is 27.4 Å². The van der Waals surface area contributed by atoms with Gasteiger partial charge in [0.2, 0.25) is 0 Å². The highest BCUT2D eigenvalue weighted by Gasteiger charge is 2.20. The zero-order valence-electron chi connectivity index (χ0n) is 10.00. The van der Waals surface area contributed by atoms with E-state index in [2.05, 4.69) is 9.97 Å². The van der Waals surface area contributed by atoms with Crippen LogP contribution in [0.25, 0.3) is 0 Å². The Kier molecular flexibility index (Phi) is 2.97. The molecule has 0 amide bonds. The van der Waals surface area contributed by atoms with E-state index in [-0.39, 0.29) is 5.56 Å². The third-order valence-electron chi connectivity index (χ3n) is 3.75. The average molecular weight is 234 g/mol. The van der Waals surface area contributed by atoms with Crippen molar-refractivity contribution in [1.82, 2.24) is 9.97 Å². The van der Waals surface area contributed by atoms with E-state index in [0.29, 0.717) is 5.92 Å². The van der Waals surface area contributed by atoms with Crippen LogP contribution in [0.4, 0.5) is 0 Å². The zero-order chi connectivity index (χ0) is 11.7. The Labute approximate surface area is 100 Å². The number of fused-ring (bicyclic) bond motifs is 1. The lowest BCUT2D eigenvalue weighted by atomic mass is 9.96. The fourth-order valence-corrected chi connectivity index (χ4v) is 2.77. The van der Waals surface area contributed by atoms with E-state index in [0.717, 1.165) is 68.8 Å². The molecule has 0 radical (unpaired) electrons. The van der Waals surface area contributed by atoms with Gasteiger partial charge in [0, 0.05) is 25.2 Å². The van der Waals surface area contributed by atoms with E-state index in [4.69, 9.17) is 4.74 Å². The summed E-state index contributed by atoms with van der Waals surface area (Å²) in [5, 5.41) is 0. The van der Waals surface area contributed by atoms with Crippen molar-refractivity contribution < 1.29 is 4.74 Å². The summed E-state index contributed by atoms with van der Waals surface area (Å²) in [5.74, 6) is 1.38. The summed E-state index contributed by atoms with van der Waals surface area (Å²) in [6, 6.07) is 0. The molecule has 1 aliphatic heterocycles. The van der Waals surface area contributed by atoms with Crippen molar-refractivity contribution >= 4 is 0 Å². The van der Waals surface area contributed by atoms with Gasteiger partial charge in [0.25, 0.3) is 5.56 Å². The summed E-state index contributed by atoms with van der Waals surface area (Å²) in [7, 11) is 0. The van der Waals surface area contributed by atoms with Crippen molar-refractivity contribution in [3.8, 4) is 0 Å². The number of hydrogen-bond donors (Lipinski definition) is 1. The molecule has 4 heteroatoms. The number of aryl methyl sites for hydroxylation is 1. The van der Waals surface area contributed by atoms with Gasteiger partial charge >= 0.3 is 0 Å². The third-order valence-corrected chi connectivity index (χ3v) is 3.75. The summed E-state index contributed by atoms with van der Waals surface area (Å²) in [5.41, 5.74) is 2.04. The first-order valence-electron chi connectivity index (χ1n) is 6.51. The maximum absolute atomic E-state index is 11.9. The number of aromatic amines is 1. The van der Waals surface area contributed by atoms with Gasteiger partial charge in [-0.3, -0.25) is 4.79 Å². The maximum Gasteiger partial charge on any atom is 0.254 e. The molecule has 4 nitrogen and oxygen atoms in total. The van der Waals surface area contributed by atoms with Crippen molar-refractivity contribution in [2.75, 3.05) is 13.2 Å². The Morgan fingerprint density at radius 3 is 3.06 bits per heavy atom. The third kappa shape index (κ3) is 2.27. The van der Waals surface area contributed by atoms with E-state index in [1.54, 1.807) is 0 Å². The van der Waals surface area contributed by atoms with Gasteiger partial charge in [0.05, 0.1) is 5.69 Å². The summed E-state index contributed by atoms with van der Waals surface area (Å²) in [6.07, 6.45) is 6.07. The standard InChI is InChI=1S/C13H18N2O2/c16-13-10-3-1-2-4-11(10)14-12(15-13)7-9-5-6-17-8-9/h9H,1-8H2,(H,14,15,16). The quantitative estimate of drug-likeness (QED) is 0.837. The monoisotopic (exact) mass is 234 g/mol. The summed E-state index contributed by atoms with van der Waals surface area (Å²) in [6.45, 7) is 1.65. The molecular weight excluding hydrogens is 216 g/mol. The van der Waals surface area contributed by atoms with Crippen LogP contribution >= 0.6 is 0 Å². The SMILES string of the molecule is O=c1[nH]c(CC2CCOC2)nc2c1CCCC2. The van der Waals surface area contributed by atoms with Crippen molar-refractivity contribution in [3.63, 3.8) is 0 Å². The summed E-state index contributed by atoms with van der Waals surface area (Å²) in [4.78, 5) is 19.5. The molecule has 0 aromatic carbocycles. The lowest BCUT2D eigenvalue weighted by molar-refractivity contribution is 0.185. The molecule has 1 aromatic rings. The van der Waals surface area contributed by atoms with Crippen LogP contribution in [0.1, 0.15) is 36.3 Å². The van der Waals surface area contributed by atoms with Gasteiger partial charge in [-0.25, -0.2) is 4.98 Å². The predicted molar refractivity (Wildman–Crippen MR) is 64.1 cm³/mol. The second-order valence-electron chi connectivity index (χ2n) is 5.08. The van der Waals surface area contributed by atoms with Crippen LogP contribution in [0, 0.1) is 5.92 Å². The molecule has 0 saturated carbocycles. The fourth-order valence-electron chi connectivity index (χ4n) is 2.77. The highest BCUT2D eigenvalue weighted by atomic mass is 16.5. The number of aromatic nitrogens is 2. The molecule has 1 saturated heterocycles. The molecule has 1 N–H and O–H groups in total. The van der Waals surface area contributed by atoms with Gasteiger partial charge in [-0.2, -0.15) is 0 Å². The van der Waals surface area contributed by atoms with Crippen molar-refractivity contribution in [2.45, 2.75) is 38.5 Å². The second-order valence-corrected chi connectivity index (χ2v) is 5.08. The average Bonchev–Trinajstić information content (AvgIpc) is 2.82. The number of ether oxygens (including phenoxy) is 1. The van der Waals surface area contributed by atoms with Gasteiger partial charge in [0.1, 0.15) is 5.82 Å². The van der Waals surface area contributed by atoms with E-state index in [1.165, 1.54) is 0 Å². The number of hydrogen-bond acceptors (Lipinski definition) is 3. The minimum Gasteiger partial charge on any atom is -0.381 e. The van der Waals surface area contributed by atoms with Crippen LogP contribution < -0.4 is 5.56 Å². The lowest BCUT2D eigenvalue weighted by Crippen LogP contribution is -2.24. The molecular formula is C13H18N2O2. The molecule has 2 heterocycles. The zero-order valence-corrected chi connectivity index (χ0v) is 10.00. The Bertz CT molecular complexity index is 461. The molecule has 2 aliphatic rings. The van der Waals surface area contributed by atoms with Crippen molar-refractivity contribution in [1.29, 1.82) is 0 Å². The first-order chi connectivity index (χ1) is 8.33. The Morgan fingerprint density at radius 1 is 1.35 bits per heavy atom. The molecule has 92 valence electrons. The molecule has 1 fully saturated rings. The van der Waals surface area contributed by atoms with E-state index in [1.807, 2.05) is 0 Å². The lowest BCUT2D eigenvalue weighted by Gasteiger charge is -2.15. The molecule has 0 spiro atoms. The maximum atomic E-state index is 11.9. The largest absolute Gasteiger partial charge is 0.381 e. The van der Waals surface area contributed by atoms with Gasteiger partial charge in [-0.1, -0.05) is 0 Å². The number of rotatable bonds is 2. The number of nitrogens with zero attached hydrogens (tertiary/aromatic N) is 1. The minimum absolute atomic E-state index is 0.0867. The predicted octanol–water partition coefficient (Wildman–Crippen LogP) is 1.23. The Hall–Kier alpha value is -1.16. The molecule has 3 rings (SSSR count). The van der Waals surface area contributed by atoms with Crippen LogP contribution in [0.3, 0.4) is 0 Å². The first kappa shape index (κ1) is 11.0. The minimum atomic E-state index is 0.0867. The van der Waals surface area contributed by atoms with Crippen LogP contribution in [0.5, 0.6) is 0 Å². The molecule has 1 aliphatic carbocycles. The van der Waals surface area contributed by atoms with Gasteiger partial charge < -0.3 is 9.72 Å². The van der Waals surface area contributed by atoms with Crippen LogP contribution in [0.15, 0.2) is 4.79 Å².